The van der Waals surface area contributed by atoms with Gasteiger partial charge in [0.1, 0.15) is 0 Å². The average molecular weight is 400 g/mol. The average Bonchev–Trinajstić information content (AvgIpc) is 2.69. The van der Waals surface area contributed by atoms with E-state index in [1.807, 2.05) is 6.92 Å². The molecule has 4 N–H and O–H groups in total. The number of benzene rings is 1. The summed E-state index contributed by atoms with van der Waals surface area (Å²) in [6, 6.07) is 4.76. The molecule has 0 spiro atoms. The normalized spacial score (nSPS) is 18.9. The summed E-state index contributed by atoms with van der Waals surface area (Å²) in [5.74, 6) is -3.45. The summed E-state index contributed by atoms with van der Waals surface area (Å²) in [4.78, 5) is 41.9. The van der Waals surface area contributed by atoms with Gasteiger partial charge in [0.25, 0.3) is 0 Å². The molecule has 2 aromatic rings. The maximum Gasteiger partial charge on any atom is 0.313 e. The standard InChI is InChI=1S/C20H21FN4O4/c1-11-2-5-16(12-3-4-15(21)17(26)7-12)25(10-11)20(29)19(28)24-14-6-13(18(22)27)8-23-9-14/h3-4,6-9,11,16,26H,2,5,10H2,1H3,(H2,22,27)(H,24,28)/t11-,16+/m1/s1. The minimum absolute atomic E-state index is 0.0986. The van der Waals surface area contributed by atoms with E-state index in [0.29, 0.717) is 18.5 Å². The number of likely N-dealkylation sites (tertiary alicyclic amines) is 1. The Morgan fingerprint density at radius 3 is 2.69 bits per heavy atom. The first-order chi connectivity index (χ1) is 13.8. The number of anilines is 1. The topological polar surface area (TPSA) is 126 Å². The fourth-order valence-electron chi connectivity index (χ4n) is 3.42. The quantitative estimate of drug-likeness (QED) is 0.679. The highest BCUT2D eigenvalue weighted by molar-refractivity contribution is 6.39. The lowest BCUT2D eigenvalue weighted by Crippen LogP contribution is -2.46. The van der Waals surface area contributed by atoms with Crippen LogP contribution in [0.5, 0.6) is 5.75 Å². The van der Waals surface area contributed by atoms with E-state index >= 15 is 0 Å². The molecule has 2 heterocycles. The zero-order chi connectivity index (χ0) is 21.1. The van der Waals surface area contributed by atoms with Crippen LogP contribution in [0.4, 0.5) is 10.1 Å². The molecule has 0 aliphatic carbocycles. The zero-order valence-electron chi connectivity index (χ0n) is 15.8. The molecule has 0 saturated carbocycles. The summed E-state index contributed by atoms with van der Waals surface area (Å²) < 4.78 is 13.4. The number of aromatic nitrogens is 1. The molecule has 0 bridgehead atoms. The van der Waals surface area contributed by atoms with Crippen LogP contribution in [0.25, 0.3) is 0 Å². The van der Waals surface area contributed by atoms with Gasteiger partial charge >= 0.3 is 11.8 Å². The van der Waals surface area contributed by atoms with Crippen molar-refractivity contribution in [2.75, 3.05) is 11.9 Å². The molecule has 1 fully saturated rings. The molecule has 3 amide bonds. The SMILES string of the molecule is C[C@@H]1CC[C@@H](c2ccc(F)c(O)c2)N(C(=O)C(=O)Nc2cncc(C(N)=O)c2)C1. The van der Waals surface area contributed by atoms with Crippen LogP contribution in [-0.4, -0.2) is 39.3 Å². The Hall–Kier alpha value is -3.49. The van der Waals surface area contributed by atoms with E-state index in [2.05, 4.69) is 10.3 Å². The Morgan fingerprint density at radius 1 is 1.24 bits per heavy atom. The van der Waals surface area contributed by atoms with Gasteiger partial charge in [-0.15, -0.1) is 0 Å². The summed E-state index contributed by atoms with van der Waals surface area (Å²) in [7, 11) is 0. The van der Waals surface area contributed by atoms with Gasteiger partial charge in [-0.05, 0) is 42.5 Å². The van der Waals surface area contributed by atoms with Crippen molar-refractivity contribution in [1.82, 2.24) is 9.88 Å². The first-order valence-corrected chi connectivity index (χ1v) is 9.11. The highest BCUT2D eigenvalue weighted by Crippen LogP contribution is 2.35. The van der Waals surface area contributed by atoms with Crippen molar-refractivity contribution in [2.24, 2.45) is 11.7 Å². The van der Waals surface area contributed by atoms with E-state index in [-0.39, 0.29) is 17.2 Å². The number of nitrogens with zero attached hydrogens (tertiary/aromatic N) is 2. The van der Waals surface area contributed by atoms with Crippen molar-refractivity contribution in [3.05, 3.63) is 53.6 Å². The van der Waals surface area contributed by atoms with Gasteiger partial charge in [-0.2, -0.15) is 0 Å². The van der Waals surface area contributed by atoms with Crippen LogP contribution >= 0.6 is 0 Å². The molecule has 0 radical (unpaired) electrons. The van der Waals surface area contributed by atoms with Crippen LogP contribution < -0.4 is 11.1 Å². The lowest BCUT2D eigenvalue weighted by atomic mass is 9.89. The number of phenols is 1. The van der Waals surface area contributed by atoms with Crippen LogP contribution in [0.2, 0.25) is 0 Å². The number of nitrogens with two attached hydrogens (primary N) is 1. The molecule has 1 aliphatic rings. The first kappa shape index (κ1) is 20.2. The first-order valence-electron chi connectivity index (χ1n) is 9.11. The molecule has 1 saturated heterocycles. The van der Waals surface area contributed by atoms with E-state index in [1.165, 1.54) is 35.5 Å². The second-order valence-corrected chi connectivity index (χ2v) is 7.15. The number of carbonyl (C=O) groups is 3. The minimum atomic E-state index is -0.890. The van der Waals surface area contributed by atoms with E-state index < -0.39 is 35.3 Å². The summed E-state index contributed by atoms with van der Waals surface area (Å²) >= 11 is 0. The third-order valence-electron chi connectivity index (χ3n) is 4.91. The van der Waals surface area contributed by atoms with Gasteiger partial charge in [-0.25, -0.2) is 4.39 Å². The Kier molecular flexibility index (Phi) is 5.76. The van der Waals surface area contributed by atoms with Gasteiger partial charge in [-0.1, -0.05) is 13.0 Å². The predicted molar refractivity (Wildman–Crippen MR) is 102 cm³/mol. The van der Waals surface area contributed by atoms with Crippen LogP contribution in [-0.2, 0) is 9.59 Å². The number of pyridine rings is 1. The summed E-state index contributed by atoms with van der Waals surface area (Å²) in [5.41, 5.74) is 6.01. The Morgan fingerprint density at radius 2 is 2.00 bits per heavy atom. The molecule has 1 aromatic carbocycles. The molecule has 1 aromatic heterocycles. The summed E-state index contributed by atoms with van der Waals surface area (Å²) in [6.07, 6.45) is 3.94. The van der Waals surface area contributed by atoms with Gasteiger partial charge in [-0.3, -0.25) is 19.4 Å². The van der Waals surface area contributed by atoms with E-state index in [0.717, 1.165) is 12.5 Å². The predicted octanol–water partition coefficient (Wildman–Crippen LogP) is 1.96. The fourth-order valence-corrected chi connectivity index (χ4v) is 3.42. The number of aromatic hydroxyl groups is 1. The van der Waals surface area contributed by atoms with Crippen molar-refractivity contribution in [1.29, 1.82) is 0 Å². The molecule has 3 rings (SSSR count). The smallest absolute Gasteiger partial charge is 0.313 e. The van der Waals surface area contributed by atoms with Gasteiger partial charge in [0.05, 0.1) is 23.5 Å². The molecule has 1 aliphatic heterocycles. The highest BCUT2D eigenvalue weighted by Gasteiger charge is 2.34. The van der Waals surface area contributed by atoms with Crippen molar-refractivity contribution in [3.63, 3.8) is 0 Å². The van der Waals surface area contributed by atoms with Crippen LogP contribution in [0, 0.1) is 11.7 Å². The number of piperidine rings is 1. The zero-order valence-corrected chi connectivity index (χ0v) is 15.8. The highest BCUT2D eigenvalue weighted by atomic mass is 19.1. The lowest BCUT2D eigenvalue weighted by Gasteiger charge is -2.38. The molecule has 29 heavy (non-hydrogen) atoms. The molecule has 152 valence electrons. The second kappa shape index (κ2) is 8.26. The number of primary amides is 1. The number of hydrogen-bond donors (Lipinski definition) is 3. The summed E-state index contributed by atoms with van der Waals surface area (Å²) in [5, 5.41) is 12.1. The van der Waals surface area contributed by atoms with Crippen molar-refractivity contribution in [2.45, 2.75) is 25.8 Å². The van der Waals surface area contributed by atoms with Crippen LogP contribution in [0.3, 0.4) is 0 Å². The van der Waals surface area contributed by atoms with Gasteiger partial charge in [0.2, 0.25) is 5.91 Å². The van der Waals surface area contributed by atoms with Crippen LogP contribution in [0.15, 0.2) is 36.7 Å². The Labute approximate surface area is 166 Å². The number of halogens is 1. The monoisotopic (exact) mass is 400 g/mol. The fraction of sp³-hybridized carbons (Fsp3) is 0.300. The molecule has 2 atom stereocenters. The van der Waals surface area contributed by atoms with Gasteiger partial charge < -0.3 is 21.1 Å². The second-order valence-electron chi connectivity index (χ2n) is 7.15. The number of nitrogens with one attached hydrogen (secondary N) is 1. The molecular weight excluding hydrogens is 379 g/mol. The lowest BCUT2D eigenvalue weighted by molar-refractivity contribution is -0.146. The molecule has 8 nitrogen and oxygen atoms in total. The van der Waals surface area contributed by atoms with Crippen molar-refractivity contribution < 1.29 is 23.9 Å². The maximum atomic E-state index is 13.4. The van der Waals surface area contributed by atoms with E-state index in [4.69, 9.17) is 5.73 Å². The summed E-state index contributed by atoms with van der Waals surface area (Å²) in [6.45, 7) is 2.31. The van der Waals surface area contributed by atoms with Gasteiger partial charge in [0, 0.05) is 12.7 Å². The number of phenolic OH excluding ortho intramolecular Hbond substituents is 1. The van der Waals surface area contributed by atoms with E-state index in [1.54, 1.807) is 0 Å². The third-order valence-corrected chi connectivity index (χ3v) is 4.91. The Bertz CT molecular complexity index is 965. The third kappa shape index (κ3) is 4.50. The Balaban J connectivity index is 1.81. The number of carbonyl (C=O) groups excluding carboxylic acids is 3. The maximum absolute atomic E-state index is 13.4. The molecule has 9 heteroatoms. The van der Waals surface area contributed by atoms with Gasteiger partial charge in [0.15, 0.2) is 11.6 Å². The van der Waals surface area contributed by atoms with Crippen molar-refractivity contribution in [3.8, 4) is 5.75 Å². The largest absolute Gasteiger partial charge is 0.505 e. The van der Waals surface area contributed by atoms with E-state index in [9.17, 15) is 23.9 Å². The number of rotatable bonds is 3. The number of hydrogen-bond acceptors (Lipinski definition) is 5. The van der Waals surface area contributed by atoms with Crippen LogP contribution in [0.1, 0.15) is 41.7 Å². The molecule has 0 unspecified atom stereocenters. The van der Waals surface area contributed by atoms with Crippen molar-refractivity contribution >= 4 is 23.4 Å². The molecular formula is C20H21FN4O4. The number of amides is 3. The minimum Gasteiger partial charge on any atom is -0.505 e.